The molecule has 21 heavy (non-hydrogen) atoms. The molecule has 0 aliphatic carbocycles. The maximum Gasteiger partial charge on any atom is 0.256 e. The summed E-state index contributed by atoms with van der Waals surface area (Å²) in [6.45, 7) is 1.96. The number of nitrogens with one attached hydrogen (secondary N) is 1. The van der Waals surface area contributed by atoms with Gasteiger partial charge in [0.25, 0.3) is 5.91 Å². The maximum absolute atomic E-state index is 12.5. The lowest BCUT2D eigenvalue weighted by atomic mass is 10.1. The maximum atomic E-state index is 12.5. The monoisotopic (exact) mass is 340 g/mol. The normalized spacial score (nSPS) is 10.6. The van der Waals surface area contributed by atoms with Gasteiger partial charge in [0.2, 0.25) is 0 Å². The molecule has 3 nitrogen and oxygen atoms in total. The molecule has 1 N–H and O–H groups in total. The second-order valence-electron chi connectivity index (χ2n) is 4.79. The summed E-state index contributed by atoms with van der Waals surface area (Å²) in [4.78, 5) is 16.8. The molecule has 0 fully saturated rings. The van der Waals surface area contributed by atoms with Crippen molar-refractivity contribution in [1.82, 2.24) is 4.98 Å². The Morgan fingerprint density at radius 1 is 1.14 bits per heavy atom. The summed E-state index contributed by atoms with van der Waals surface area (Å²) in [6.07, 6.45) is 1.73. The first kappa shape index (κ1) is 13.8. The van der Waals surface area contributed by atoms with E-state index in [9.17, 15) is 4.79 Å². The van der Waals surface area contributed by atoms with Crippen LogP contribution in [0.4, 0.5) is 5.69 Å². The number of rotatable bonds is 2. The van der Waals surface area contributed by atoms with E-state index in [0.29, 0.717) is 5.56 Å². The van der Waals surface area contributed by atoms with Gasteiger partial charge in [-0.1, -0.05) is 28.1 Å². The zero-order valence-corrected chi connectivity index (χ0v) is 13.0. The summed E-state index contributed by atoms with van der Waals surface area (Å²) in [5.41, 5.74) is 3.26. The predicted molar refractivity (Wildman–Crippen MR) is 88.6 cm³/mol. The minimum atomic E-state index is -0.126. The molecule has 0 spiro atoms. The van der Waals surface area contributed by atoms with E-state index in [1.54, 1.807) is 6.20 Å². The van der Waals surface area contributed by atoms with Gasteiger partial charge in [0.15, 0.2) is 0 Å². The predicted octanol–water partition coefficient (Wildman–Crippen LogP) is 4.56. The van der Waals surface area contributed by atoms with Gasteiger partial charge in [-0.05, 0) is 48.9 Å². The molecule has 1 heterocycles. The van der Waals surface area contributed by atoms with Crippen LogP contribution in [0.1, 0.15) is 15.9 Å². The summed E-state index contributed by atoms with van der Waals surface area (Å²) >= 11 is 3.42. The summed E-state index contributed by atoms with van der Waals surface area (Å²) in [5, 5.41) is 3.81. The average molecular weight is 341 g/mol. The van der Waals surface area contributed by atoms with Gasteiger partial charge < -0.3 is 5.32 Å². The molecule has 3 aromatic rings. The van der Waals surface area contributed by atoms with Gasteiger partial charge in [0, 0.05) is 27.3 Å². The van der Waals surface area contributed by atoms with Gasteiger partial charge in [0.05, 0.1) is 5.52 Å². The van der Waals surface area contributed by atoms with Crippen LogP contribution in [-0.4, -0.2) is 10.9 Å². The molecule has 0 atom stereocenters. The summed E-state index contributed by atoms with van der Waals surface area (Å²) in [5.74, 6) is -0.126. The topological polar surface area (TPSA) is 42.0 Å². The number of carbonyl (C=O) groups excluding carboxylic acids is 1. The third kappa shape index (κ3) is 2.81. The molecule has 0 radical (unpaired) electrons. The lowest BCUT2D eigenvalue weighted by molar-refractivity contribution is 0.102. The fraction of sp³-hybridized carbons (Fsp3) is 0.0588. The van der Waals surface area contributed by atoms with E-state index in [-0.39, 0.29) is 5.91 Å². The number of aryl methyl sites for hydroxylation is 1. The second kappa shape index (κ2) is 5.66. The van der Waals surface area contributed by atoms with Crippen LogP contribution in [0.25, 0.3) is 10.9 Å². The van der Waals surface area contributed by atoms with Crippen molar-refractivity contribution in [2.45, 2.75) is 6.92 Å². The Balaban J connectivity index is 1.97. The van der Waals surface area contributed by atoms with Crippen LogP contribution < -0.4 is 5.32 Å². The quantitative estimate of drug-likeness (QED) is 0.743. The van der Waals surface area contributed by atoms with E-state index in [4.69, 9.17) is 0 Å². The van der Waals surface area contributed by atoms with E-state index in [1.807, 2.05) is 55.5 Å². The average Bonchev–Trinajstić information content (AvgIpc) is 2.49. The van der Waals surface area contributed by atoms with Crippen molar-refractivity contribution in [3.63, 3.8) is 0 Å². The van der Waals surface area contributed by atoms with Gasteiger partial charge in [-0.25, -0.2) is 0 Å². The summed E-state index contributed by atoms with van der Waals surface area (Å²) < 4.78 is 0.993. The Bertz CT molecular complexity index is 825. The number of aromatic nitrogens is 1. The molecule has 1 aromatic heterocycles. The number of amides is 1. The number of hydrogen-bond donors (Lipinski definition) is 1. The van der Waals surface area contributed by atoms with Gasteiger partial charge in [-0.2, -0.15) is 0 Å². The van der Waals surface area contributed by atoms with Crippen molar-refractivity contribution >= 4 is 38.4 Å². The van der Waals surface area contributed by atoms with Crippen molar-refractivity contribution in [2.24, 2.45) is 0 Å². The highest BCUT2D eigenvalue weighted by atomic mass is 79.9. The third-order valence-electron chi connectivity index (χ3n) is 3.33. The minimum Gasteiger partial charge on any atom is -0.322 e. The Labute approximate surface area is 131 Å². The molecule has 0 saturated carbocycles. The van der Waals surface area contributed by atoms with Crippen LogP contribution in [0.5, 0.6) is 0 Å². The van der Waals surface area contributed by atoms with Crippen molar-refractivity contribution < 1.29 is 4.79 Å². The molecular weight excluding hydrogens is 328 g/mol. The number of anilines is 1. The number of fused-ring (bicyclic) bond motifs is 1. The van der Waals surface area contributed by atoms with Crippen LogP contribution in [0.2, 0.25) is 0 Å². The minimum absolute atomic E-state index is 0.126. The van der Waals surface area contributed by atoms with Crippen LogP contribution in [-0.2, 0) is 0 Å². The molecule has 0 bridgehead atoms. The molecule has 0 unspecified atom stereocenters. The molecule has 2 aromatic carbocycles. The molecular formula is C17H13BrN2O. The lowest BCUT2D eigenvalue weighted by Crippen LogP contribution is -2.13. The van der Waals surface area contributed by atoms with Crippen LogP contribution >= 0.6 is 15.9 Å². The third-order valence-corrected chi connectivity index (χ3v) is 3.82. The first-order valence-corrected chi connectivity index (χ1v) is 7.36. The van der Waals surface area contributed by atoms with Crippen LogP contribution in [0.15, 0.2) is 59.2 Å². The zero-order chi connectivity index (χ0) is 14.8. The van der Waals surface area contributed by atoms with Gasteiger partial charge in [-0.15, -0.1) is 0 Å². The highest BCUT2D eigenvalue weighted by Gasteiger charge is 2.11. The SMILES string of the molecule is Cc1cc(Br)ccc1NC(=O)c1cccc2ncccc12. The first-order chi connectivity index (χ1) is 10.1. The zero-order valence-electron chi connectivity index (χ0n) is 11.4. The molecule has 104 valence electrons. The van der Waals surface area contributed by atoms with Crippen LogP contribution in [0.3, 0.4) is 0 Å². The smallest absolute Gasteiger partial charge is 0.256 e. The Morgan fingerprint density at radius 2 is 2.00 bits per heavy atom. The van der Waals surface area contributed by atoms with E-state index in [0.717, 1.165) is 26.6 Å². The fourth-order valence-corrected chi connectivity index (χ4v) is 2.73. The van der Waals surface area contributed by atoms with Crippen molar-refractivity contribution in [1.29, 1.82) is 0 Å². The Morgan fingerprint density at radius 3 is 2.81 bits per heavy atom. The van der Waals surface area contributed by atoms with Crippen molar-refractivity contribution in [3.05, 3.63) is 70.3 Å². The largest absolute Gasteiger partial charge is 0.322 e. The Kier molecular flexibility index (Phi) is 3.71. The first-order valence-electron chi connectivity index (χ1n) is 6.56. The summed E-state index contributed by atoms with van der Waals surface area (Å²) in [6, 6.07) is 15.1. The van der Waals surface area contributed by atoms with E-state index < -0.39 is 0 Å². The Hall–Kier alpha value is -2.20. The van der Waals surface area contributed by atoms with Gasteiger partial charge >= 0.3 is 0 Å². The highest BCUT2D eigenvalue weighted by molar-refractivity contribution is 9.10. The highest BCUT2D eigenvalue weighted by Crippen LogP contribution is 2.22. The number of hydrogen-bond acceptors (Lipinski definition) is 2. The number of carbonyl (C=O) groups is 1. The molecule has 0 aliphatic rings. The van der Waals surface area contributed by atoms with Crippen molar-refractivity contribution in [3.8, 4) is 0 Å². The standard InChI is InChI=1S/C17H13BrN2O/c1-11-10-12(18)7-8-15(11)20-17(21)14-4-2-6-16-13(14)5-3-9-19-16/h2-10H,1H3,(H,20,21). The van der Waals surface area contributed by atoms with Crippen LogP contribution in [0, 0.1) is 6.92 Å². The van der Waals surface area contributed by atoms with E-state index in [1.165, 1.54) is 0 Å². The molecule has 1 amide bonds. The summed E-state index contributed by atoms with van der Waals surface area (Å²) in [7, 11) is 0. The second-order valence-corrected chi connectivity index (χ2v) is 5.70. The fourth-order valence-electron chi connectivity index (χ4n) is 2.26. The number of halogens is 1. The number of pyridine rings is 1. The molecule has 0 saturated heterocycles. The molecule has 4 heteroatoms. The lowest BCUT2D eigenvalue weighted by Gasteiger charge is -2.10. The molecule has 0 aliphatic heterocycles. The van der Waals surface area contributed by atoms with Crippen molar-refractivity contribution in [2.75, 3.05) is 5.32 Å². The number of nitrogens with zero attached hydrogens (tertiary/aromatic N) is 1. The van der Waals surface area contributed by atoms with Gasteiger partial charge in [0.1, 0.15) is 0 Å². The number of benzene rings is 2. The van der Waals surface area contributed by atoms with Gasteiger partial charge in [-0.3, -0.25) is 9.78 Å². The van der Waals surface area contributed by atoms with E-state index >= 15 is 0 Å². The van der Waals surface area contributed by atoms with E-state index in [2.05, 4.69) is 26.2 Å². The molecule has 3 rings (SSSR count).